The fraction of sp³-hybridized carbons (Fsp3) is 0.0870. The van der Waals surface area contributed by atoms with Crippen molar-refractivity contribution in [2.24, 2.45) is 4.99 Å². The molecule has 0 bridgehead atoms. The summed E-state index contributed by atoms with van der Waals surface area (Å²) in [5.74, 6) is 1.48. The van der Waals surface area contributed by atoms with Gasteiger partial charge in [0.05, 0.1) is 18.5 Å². The molecule has 0 atom stereocenters. The predicted octanol–water partition coefficient (Wildman–Crippen LogP) is 5.41. The van der Waals surface area contributed by atoms with Crippen molar-refractivity contribution in [2.75, 3.05) is 7.11 Å². The zero-order chi connectivity index (χ0) is 19.3. The molecule has 0 saturated carbocycles. The maximum Gasteiger partial charge on any atom is 0.162 e. The van der Waals surface area contributed by atoms with Crippen molar-refractivity contribution in [3.05, 3.63) is 89.8 Å². The normalized spacial score (nSPS) is 12.4. The van der Waals surface area contributed by atoms with Crippen LogP contribution in [0.5, 0.6) is 11.5 Å². The van der Waals surface area contributed by atoms with Crippen LogP contribution >= 0.6 is 0 Å². The lowest BCUT2D eigenvalue weighted by Crippen LogP contribution is -2.01. The Kier molecular flexibility index (Phi) is 5.06. The molecule has 3 aromatic rings. The second-order valence-corrected chi connectivity index (χ2v) is 6.19. The molecule has 5 heteroatoms. The molecule has 1 radical (unpaired) electrons. The molecule has 1 aliphatic heterocycles. The summed E-state index contributed by atoms with van der Waals surface area (Å²) in [5.41, 5.74) is 3.12. The Balaban J connectivity index is 1.50. The number of hydrogen-bond donors (Lipinski definition) is 0. The van der Waals surface area contributed by atoms with E-state index in [9.17, 15) is 4.39 Å². The Morgan fingerprint density at radius 2 is 1.68 bits per heavy atom. The largest absolute Gasteiger partial charge is 0.493 e. The van der Waals surface area contributed by atoms with Crippen LogP contribution in [0.4, 0.5) is 15.8 Å². The molecule has 0 N–H and O–H groups in total. The molecule has 4 rings (SSSR count). The topological polar surface area (TPSA) is 44.9 Å². The van der Waals surface area contributed by atoms with Crippen LogP contribution in [0.1, 0.15) is 11.1 Å². The van der Waals surface area contributed by atoms with Gasteiger partial charge in [-0.3, -0.25) is 0 Å². The molecule has 1 heterocycles. The summed E-state index contributed by atoms with van der Waals surface area (Å²) in [6.07, 6.45) is 3.76. The van der Waals surface area contributed by atoms with Crippen LogP contribution < -0.4 is 14.8 Å². The first-order valence-electron chi connectivity index (χ1n) is 8.85. The van der Waals surface area contributed by atoms with Gasteiger partial charge in [0.2, 0.25) is 0 Å². The Hall–Kier alpha value is -3.60. The summed E-state index contributed by atoms with van der Waals surface area (Å²) >= 11 is 0. The van der Waals surface area contributed by atoms with Crippen molar-refractivity contribution in [3.63, 3.8) is 0 Å². The van der Waals surface area contributed by atoms with Crippen molar-refractivity contribution >= 4 is 23.3 Å². The Labute approximate surface area is 163 Å². The molecular formula is C23H18FN2O2. The van der Waals surface area contributed by atoms with Gasteiger partial charge in [-0.05, 0) is 42.0 Å². The number of benzene rings is 3. The third-order valence-electron chi connectivity index (χ3n) is 4.31. The monoisotopic (exact) mass is 373 g/mol. The van der Waals surface area contributed by atoms with Gasteiger partial charge in [0.15, 0.2) is 17.3 Å². The highest BCUT2D eigenvalue weighted by atomic mass is 19.1. The van der Waals surface area contributed by atoms with E-state index in [-0.39, 0.29) is 12.4 Å². The lowest BCUT2D eigenvalue weighted by atomic mass is 10.2. The molecule has 0 spiro atoms. The molecule has 0 amide bonds. The second-order valence-electron chi connectivity index (χ2n) is 6.19. The van der Waals surface area contributed by atoms with Gasteiger partial charge in [-0.25, -0.2) is 14.7 Å². The van der Waals surface area contributed by atoms with Gasteiger partial charge in [-0.1, -0.05) is 42.5 Å². The lowest BCUT2D eigenvalue weighted by Gasteiger charge is -2.12. The summed E-state index contributed by atoms with van der Waals surface area (Å²) in [4.78, 5) is 4.47. The molecule has 0 unspecified atom stereocenters. The first-order chi connectivity index (χ1) is 13.7. The van der Waals surface area contributed by atoms with Crippen LogP contribution in [-0.4, -0.2) is 12.9 Å². The van der Waals surface area contributed by atoms with Gasteiger partial charge in [0.25, 0.3) is 0 Å². The first-order valence-corrected chi connectivity index (χ1v) is 8.85. The minimum atomic E-state index is -0.294. The standard InChI is InChI=1S/C23H18FN2O2/c1-27-21-12-10-16(11-13-23-25-19-8-4-5-9-20(19)26-23)14-22(21)28-15-17-6-2-3-7-18(17)24/h2-14H,15H2,1H3. The number of nitrogens with zero attached hydrogens (tertiary/aromatic N) is 2. The lowest BCUT2D eigenvalue weighted by molar-refractivity contribution is 0.279. The molecule has 1 aliphatic rings. The number of amidine groups is 1. The molecule has 0 saturated heterocycles. The van der Waals surface area contributed by atoms with Gasteiger partial charge in [-0.2, -0.15) is 0 Å². The highest BCUT2D eigenvalue weighted by molar-refractivity contribution is 6.05. The SMILES string of the molecule is COc1ccc(C=CC2=Nc3ccccc3[N]2)cc1OCc1ccccc1F. The number of halogens is 1. The third-order valence-corrected chi connectivity index (χ3v) is 4.31. The zero-order valence-corrected chi connectivity index (χ0v) is 15.3. The van der Waals surface area contributed by atoms with Crippen molar-refractivity contribution in [2.45, 2.75) is 6.61 Å². The second kappa shape index (κ2) is 7.96. The Morgan fingerprint density at radius 3 is 2.46 bits per heavy atom. The van der Waals surface area contributed by atoms with E-state index >= 15 is 0 Å². The predicted molar refractivity (Wildman–Crippen MR) is 108 cm³/mol. The molecule has 0 aromatic heterocycles. The number of para-hydroxylation sites is 2. The molecule has 139 valence electrons. The van der Waals surface area contributed by atoms with Crippen molar-refractivity contribution in [1.29, 1.82) is 0 Å². The highest BCUT2D eigenvalue weighted by Gasteiger charge is 2.12. The molecule has 28 heavy (non-hydrogen) atoms. The van der Waals surface area contributed by atoms with Gasteiger partial charge in [-0.15, -0.1) is 0 Å². The van der Waals surface area contributed by atoms with E-state index in [1.807, 2.05) is 54.6 Å². The van der Waals surface area contributed by atoms with Crippen molar-refractivity contribution < 1.29 is 13.9 Å². The van der Waals surface area contributed by atoms with E-state index in [0.29, 0.717) is 22.9 Å². The summed E-state index contributed by atoms with van der Waals surface area (Å²) in [5, 5.41) is 4.47. The summed E-state index contributed by atoms with van der Waals surface area (Å²) in [7, 11) is 1.57. The maximum absolute atomic E-state index is 13.8. The average Bonchev–Trinajstić information content (AvgIpc) is 3.15. The van der Waals surface area contributed by atoms with E-state index in [0.717, 1.165) is 16.9 Å². The molecular weight excluding hydrogens is 355 g/mol. The van der Waals surface area contributed by atoms with E-state index in [2.05, 4.69) is 10.3 Å². The average molecular weight is 373 g/mol. The van der Waals surface area contributed by atoms with E-state index < -0.39 is 0 Å². The number of hydrogen-bond acceptors (Lipinski definition) is 3. The summed E-state index contributed by atoms with van der Waals surface area (Å²) < 4.78 is 25.0. The number of ether oxygens (including phenoxy) is 2. The van der Waals surface area contributed by atoms with E-state index in [1.54, 1.807) is 25.3 Å². The third kappa shape index (κ3) is 3.88. The zero-order valence-electron chi connectivity index (χ0n) is 15.3. The number of methoxy groups -OCH3 is 1. The van der Waals surface area contributed by atoms with Crippen LogP contribution in [-0.2, 0) is 6.61 Å². The van der Waals surface area contributed by atoms with Crippen LogP contribution in [0, 0.1) is 5.82 Å². The van der Waals surface area contributed by atoms with Gasteiger partial charge in [0, 0.05) is 5.56 Å². The minimum Gasteiger partial charge on any atom is -0.493 e. The summed E-state index contributed by atoms with van der Waals surface area (Å²) in [6.45, 7) is 0.119. The number of aliphatic imine (C=N–C) groups is 1. The van der Waals surface area contributed by atoms with E-state index in [1.165, 1.54) is 6.07 Å². The van der Waals surface area contributed by atoms with Gasteiger partial charge < -0.3 is 9.47 Å². The van der Waals surface area contributed by atoms with Crippen LogP contribution in [0.2, 0.25) is 0 Å². The van der Waals surface area contributed by atoms with Gasteiger partial charge in [0.1, 0.15) is 12.4 Å². The van der Waals surface area contributed by atoms with Crippen molar-refractivity contribution in [1.82, 2.24) is 5.32 Å². The maximum atomic E-state index is 13.8. The fourth-order valence-electron chi connectivity index (χ4n) is 2.85. The van der Waals surface area contributed by atoms with Crippen molar-refractivity contribution in [3.8, 4) is 11.5 Å². The van der Waals surface area contributed by atoms with Crippen LogP contribution in [0.15, 0.2) is 77.8 Å². The van der Waals surface area contributed by atoms with Crippen LogP contribution in [0.25, 0.3) is 6.08 Å². The fourth-order valence-corrected chi connectivity index (χ4v) is 2.85. The van der Waals surface area contributed by atoms with Crippen LogP contribution in [0.3, 0.4) is 0 Å². The quantitative estimate of drug-likeness (QED) is 0.580. The molecule has 4 nitrogen and oxygen atoms in total. The Morgan fingerprint density at radius 1 is 0.893 bits per heavy atom. The van der Waals surface area contributed by atoms with E-state index in [4.69, 9.17) is 9.47 Å². The number of fused-ring (bicyclic) bond motifs is 1. The molecule has 0 aliphatic carbocycles. The smallest absolute Gasteiger partial charge is 0.162 e. The molecule has 0 fully saturated rings. The first kappa shape index (κ1) is 17.8. The Bertz CT molecular complexity index is 1060. The molecule has 3 aromatic carbocycles. The highest BCUT2D eigenvalue weighted by Crippen LogP contribution is 2.31. The number of rotatable bonds is 6. The van der Waals surface area contributed by atoms with Gasteiger partial charge >= 0.3 is 0 Å². The summed E-state index contributed by atoms with van der Waals surface area (Å²) in [6, 6.07) is 19.9. The minimum absolute atomic E-state index is 0.119.